The molecule has 1 rings (SSSR count). The molecule has 0 bridgehead atoms. The first-order valence-corrected chi connectivity index (χ1v) is 7.20. The molecule has 0 aliphatic carbocycles. The molecule has 0 amide bonds. The Kier molecular flexibility index (Phi) is 10.8. The Balaban J connectivity index is 0.000000382. The summed E-state index contributed by atoms with van der Waals surface area (Å²) in [4.78, 5) is 10.3. The largest absolute Gasteiger partial charge is 0.481 e. The molecule has 0 spiro atoms. The molecule has 5 nitrogen and oxygen atoms in total. The van der Waals surface area contributed by atoms with Crippen LogP contribution in [0.2, 0.25) is 0 Å². The lowest BCUT2D eigenvalue weighted by atomic mass is 9.94. The van der Waals surface area contributed by atoms with Crippen LogP contribution >= 0.6 is 0 Å². The van der Waals surface area contributed by atoms with Gasteiger partial charge >= 0.3 is 5.97 Å². The molecule has 0 radical (unpaired) electrons. The minimum absolute atomic E-state index is 0.146. The highest BCUT2D eigenvalue weighted by molar-refractivity contribution is 5.67. The number of hydrogen-bond acceptors (Lipinski definition) is 4. The molecule has 4 N–H and O–H groups in total. The number of carboxylic acids is 1. The van der Waals surface area contributed by atoms with Crippen LogP contribution in [0.15, 0.2) is 35.4 Å². The van der Waals surface area contributed by atoms with Crippen LogP contribution in [0.25, 0.3) is 0 Å². The van der Waals surface area contributed by atoms with E-state index in [4.69, 9.17) is 10.8 Å². The first kappa shape index (κ1) is 19.1. The van der Waals surface area contributed by atoms with Crippen LogP contribution in [0.5, 0.6) is 0 Å². The Hall–Kier alpha value is -1.88. The predicted octanol–water partition coefficient (Wildman–Crippen LogP) is 3.19. The number of benzene rings is 1. The standard InChI is InChI=1S/C8H10N2.C8H17NO2/c1-2-9-10-8-6-4-3-5-7-8;1-6(2)3-7(5-9)4-8(10)11/h2-7,10H,1H3;6-7H,3-5,9H2,1-2H3,(H,10,11)/b9-2+;/t;7-/m.0/s1. The van der Waals surface area contributed by atoms with Gasteiger partial charge < -0.3 is 10.8 Å². The second-order valence-electron chi connectivity index (χ2n) is 5.19. The molecule has 1 aromatic carbocycles. The fourth-order valence-electron chi connectivity index (χ4n) is 1.83. The maximum Gasteiger partial charge on any atom is 0.303 e. The second-order valence-corrected chi connectivity index (χ2v) is 5.19. The summed E-state index contributed by atoms with van der Waals surface area (Å²) in [6.07, 6.45) is 2.82. The van der Waals surface area contributed by atoms with Gasteiger partial charge in [-0.3, -0.25) is 10.2 Å². The van der Waals surface area contributed by atoms with Gasteiger partial charge in [0.25, 0.3) is 0 Å². The SMILES string of the molecule is C/C=N/Nc1ccccc1.CC(C)C[C@H](CN)CC(=O)O. The van der Waals surface area contributed by atoms with Crippen molar-refractivity contribution in [2.45, 2.75) is 33.6 Å². The fourth-order valence-corrected chi connectivity index (χ4v) is 1.83. The lowest BCUT2D eigenvalue weighted by Gasteiger charge is -2.13. The summed E-state index contributed by atoms with van der Waals surface area (Å²) in [7, 11) is 0. The van der Waals surface area contributed by atoms with Crippen LogP contribution in [0.4, 0.5) is 5.69 Å². The van der Waals surface area contributed by atoms with E-state index < -0.39 is 5.97 Å². The Morgan fingerprint density at radius 1 is 1.38 bits per heavy atom. The van der Waals surface area contributed by atoms with Crippen molar-refractivity contribution >= 4 is 17.9 Å². The molecule has 21 heavy (non-hydrogen) atoms. The fraction of sp³-hybridized carbons (Fsp3) is 0.500. The number of carbonyl (C=O) groups is 1. The summed E-state index contributed by atoms with van der Waals surface area (Å²) in [5.41, 5.74) is 9.28. The average molecular weight is 293 g/mol. The second kappa shape index (κ2) is 11.9. The van der Waals surface area contributed by atoms with Crippen LogP contribution in [-0.4, -0.2) is 23.8 Å². The number of anilines is 1. The van der Waals surface area contributed by atoms with Gasteiger partial charge in [0, 0.05) is 12.6 Å². The molecule has 0 aliphatic heterocycles. The summed E-state index contributed by atoms with van der Waals surface area (Å²) in [5.74, 6) is -0.0727. The normalized spacial score (nSPS) is 11.9. The molecule has 5 heteroatoms. The third kappa shape index (κ3) is 11.6. The number of rotatable bonds is 7. The number of nitrogens with one attached hydrogen (secondary N) is 1. The lowest BCUT2D eigenvalue weighted by Crippen LogP contribution is -2.19. The van der Waals surface area contributed by atoms with Gasteiger partial charge in [0.15, 0.2) is 0 Å². The third-order valence-electron chi connectivity index (χ3n) is 2.70. The van der Waals surface area contributed by atoms with E-state index in [9.17, 15) is 4.79 Å². The quantitative estimate of drug-likeness (QED) is 0.532. The van der Waals surface area contributed by atoms with Crippen molar-refractivity contribution in [3.63, 3.8) is 0 Å². The van der Waals surface area contributed by atoms with Crippen molar-refractivity contribution in [3.8, 4) is 0 Å². The van der Waals surface area contributed by atoms with Crippen molar-refractivity contribution in [2.75, 3.05) is 12.0 Å². The van der Waals surface area contributed by atoms with Gasteiger partial charge in [-0.15, -0.1) is 0 Å². The van der Waals surface area contributed by atoms with Gasteiger partial charge in [-0.25, -0.2) is 0 Å². The predicted molar refractivity (Wildman–Crippen MR) is 88.5 cm³/mol. The third-order valence-corrected chi connectivity index (χ3v) is 2.70. The van der Waals surface area contributed by atoms with Crippen molar-refractivity contribution in [1.82, 2.24) is 0 Å². The van der Waals surface area contributed by atoms with Crippen molar-refractivity contribution in [2.24, 2.45) is 22.7 Å². The molecule has 118 valence electrons. The van der Waals surface area contributed by atoms with E-state index in [0.717, 1.165) is 12.1 Å². The molecular weight excluding hydrogens is 266 g/mol. The number of para-hydroxylation sites is 1. The van der Waals surface area contributed by atoms with Crippen molar-refractivity contribution in [3.05, 3.63) is 30.3 Å². The zero-order valence-electron chi connectivity index (χ0n) is 13.1. The van der Waals surface area contributed by atoms with E-state index in [1.807, 2.05) is 37.3 Å². The van der Waals surface area contributed by atoms with E-state index in [1.54, 1.807) is 6.21 Å². The molecular formula is C16H27N3O2. The van der Waals surface area contributed by atoms with Crippen LogP contribution in [0.1, 0.15) is 33.6 Å². The molecule has 0 fully saturated rings. The number of nitrogens with zero attached hydrogens (tertiary/aromatic N) is 1. The van der Waals surface area contributed by atoms with Gasteiger partial charge in [-0.05, 0) is 43.9 Å². The average Bonchev–Trinajstić information content (AvgIpc) is 2.45. The van der Waals surface area contributed by atoms with Gasteiger partial charge in [0.2, 0.25) is 0 Å². The minimum atomic E-state index is -0.749. The number of aliphatic carboxylic acids is 1. The van der Waals surface area contributed by atoms with Gasteiger partial charge in [-0.2, -0.15) is 5.10 Å². The highest BCUT2D eigenvalue weighted by atomic mass is 16.4. The molecule has 1 aromatic rings. The number of hydrazone groups is 1. The Morgan fingerprint density at radius 2 is 2.00 bits per heavy atom. The molecule has 1 atom stereocenters. The van der Waals surface area contributed by atoms with E-state index in [1.165, 1.54) is 0 Å². The highest BCUT2D eigenvalue weighted by Gasteiger charge is 2.12. The van der Waals surface area contributed by atoms with Gasteiger partial charge in [0.1, 0.15) is 0 Å². The molecule has 0 heterocycles. The molecule has 0 aliphatic rings. The molecule has 0 unspecified atom stereocenters. The van der Waals surface area contributed by atoms with Crippen molar-refractivity contribution in [1.29, 1.82) is 0 Å². The van der Waals surface area contributed by atoms with Crippen LogP contribution in [0, 0.1) is 11.8 Å². The molecule has 0 aromatic heterocycles. The monoisotopic (exact) mass is 293 g/mol. The zero-order chi connectivity index (χ0) is 16.1. The Labute approximate surface area is 127 Å². The van der Waals surface area contributed by atoms with E-state index in [-0.39, 0.29) is 12.3 Å². The maximum absolute atomic E-state index is 10.3. The van der Waals surface area contributed by atoms with Crippen LogP contribution in [-0.2, 0) is 4.79 Å². The van der Waals surface area contributed by atoms with E-state index >= 15 is 0 Å². The zero-order valence-corrected chi connectivity index (χ0v) is 13.1. The van der Waals surface area contributed by atoms with Crippen LogP contribution < -0.4 is 11.2 Å². The van der Waals surface area contributed by atoms with E-state index in [2.05, 4.69) is 24.4 Å². The summed E-state index contributed by atoms with van der Waals surface area (Å²) >= 11 is 0. The van der Waals surface area contributed by atoms with E-state index in [0.29, 0.717) is 12.5 Å². The smallest absolute Gasteiger partial charge is 0.303 e. The van der Waals surface area contributed by atoms with Gasteiger partial charge in [-0.1, -0.05) is 32.0 Å². The lowest BCUT2D eigenvalue weighted by molar-refractivity contribution is -0.138. The molecule has 0 saturated heterocycles. The number of nitrogens with two attached hydrogens (primary N) is 1. The number of carboxylic acid groups (broad SMARTS) is 1. The minimum Gasteiger partial charge on any atom is -0.481 e. The first-order valence-electron chi connectivity index (χ1n) is 7.20. The number of hydrogen-bond donors (Lipinski definition) is 3. The summed E-state index contributed by atoms with van der Waals surface area (Å²) in [6.45, 7) is 6.50. The van der Waals surface area contributed by atoms with Crippen LogP contribution in [0.3, 0.4) is 0 Å². The first-order chi connectivity index (χ1) is 9.99. The molecule has 0 saturated carbocycles. The summed E-state index contributed by atoms with van der Waals surface area (Å²) < 4.78 is 0. The summed E-state index contributed by atoms with van der Waals surface area (Å²) in [5, 5.41) is 12.3. The van der Waals surface area contributed by atoms with Crippen molar-refractivity contribution < 1.29 is 9.90 Å². The Bertz CT molecular complexity index is 405. The summed E-state index contributed by atoms with van der Waals surface area (Å²) in [6, 6.07) is 9.84. The van der Waals surface area contributed by atoms with Gasteiger partial charge in [0.05, 0.1) is 5.69 Å². The highest BCUT2D eigenvalue weighted by Crippen LogP contribution is 2.13. The Morgan fingerprint density at radius 3 is 2.43 bits per heavy atom. The maximum atomic E-state index is 10.3. The topological polar surface area (TPSA) is 87.7 Å².